The van der Waals surface area contributed by atoms with Crippen LogP contribution in [0.5, 0.6) is 0 Å². The van der Waals surface area contributed by atoms with Gasteiger partial charge in [-0.2, -0.15) is 0 Å². The summed E-state index contributed by atoms with van der Waals surface area (Å²) in [5.41, 5.74) is 7.45. The van der Waals surface area contributed by atoms with Crippen molar-refractivity contribution in [2.45, 2.75) is 14.2 Å². The van der Waals surface area contributed by atoms with Gasteiger partial charge in [0, 0.05) is 0 Å². The summed E-state index contributed by atoms with van der Waals surface area (Å²) in [7, 11) is 0.789. The van der Waals surface area contributed by atoms with Crippen LogP contribution in [0.25, 0.3) is 12.2 Å². The fourth-order valence-electron chi connectivity index (χ4n) is 4.05. The van der Waals surface area contributed by atoms with Crippen molar-refractivity contribution >= 4 is 26.0 Å². The van der Waals surface area contributed by atoms with Crippen molar-refractivity contribution in [3.63, 3.8) is 0 Å². The minimum Gasteiger partial charge on any atom is -1.00 e. The topological polar surface area (TPSA) is 0 Å². The van der Waals surface area contributed by atoms with Crippen LogP contribution in [0.1, 0.15) is 35.1 Å². The van der Waals surface area contributed by atoms with Gasteiger partial charge in [-0.1, -0.05) is 0 Å². The Labute approximate surface area is 184 Å². The first-order valence-electron chi connectivity index (χ1n) is 9.46. The van der Waals surface area contributed by atoms with E-state index in [1.54, 1.807) is 16.4 Å². The molecule has 3 unspecified atom stereocenters. The number of benzene rings is 3. The molecule has 0 aromatic heterocycles. The maximum atomic E-state index is 2.50. The molecule has 0 amide bonds. The van der Waals surface area contributed by atoms with E-state index in [0.717, 1.165) is 8.58 Å². The Hall–Kier alpha value is -1.69. The zero-order valence-corrected chi connectivity index (χ0v) is 19.5. The van der Waals surface area contributed by atoms with Crippen LogP contribution >= 0.6 is 8.58 Å². The molecule has 0 saturated heterocycles. The van der Waals surface area contributed by atoms with Gasteiger partial charge in [-0.25, -0.2) is 0 Å². The van der Waals surface area contributed by atoms with Crippen LogP contribution in [0.4, 0.5) is 0 Å². The quantitative estimate of drug-likeness (QED) is 0.469. The molecule has 5 rings (SSSR count). The third-order valence-corrected chi connectivity index (χ3v) is 12.2. The molecule has 3 atom stereocenters. The van der Waals surface area contributed by atoms with Gasteiger partial charge >= 0.3 is 175 Å². The molecule has 4 heteroatoms. The first-order chi connectivity index (χ1) is 13.3. The molecule has 3 aromatic rings. The van der Waals surface area contributed by atoms with Gasteiger partial charge in [-0.15, -0.1) is 0 Å². The molecule has 29 heavy (non-hydrogen) atoms. The molecular formula is C25H21F2PZr. The molecule has 0 spiro atoms. The van der Waals surface area contributed by atoms with Crippen molar-refractivity contribution < 1.29 is 32.6 Å². The maximum Gasteiger partial charge on any atom is -1.00 e. The van der Waals surface area contributed by atoms with Gasteiger partial charge in [-0.3, -0.25) is 0 Å². The molecule has 2 aliphatic rings. The number of allylic oxidation sites excluding steroid dienone is 2. The van der Waals surface area contributed by atoms with E-state index in [9.17, 15) is 0 Å². The monoisotopic (exact) mass is 480 g/mol. The van der Waals surface area contributed by atoms with Crippen molar-refractivity contribution in [3.05, 3.63) is 112 Å². The number of aryl methyl sites for hydroxylation is 1. The molecule has 0 bridgehead atoms. The van der Waals surface area contributed by atoms with Crippen molar-refractivity contribution in [1.82, 2.24) is 0 Å². The molecule has 0 heterocycles. The minimum absolute atomic E-state index is 0. The standard InChI is InChI=1S/C16H14P.C9H7.2FH.Zr/c1-12-6-2-5-9-16(12)17-15-10-13-7-3-4-8-14(13)11-15;1-2-5-9-7-3-6-8(9)4-1;;;/h2-11,17H,1H3;1-7H;2*1H;/q;;;;+2/p-2. The van der Waals surface area contributed by atoms with E-state index >= 15 is 0 Å². The Bertz CT molecular complexity index is 1070. The number of rotatable bonds is 4. The maximum absolute atomic E-state index is 2.50. The molecule has 3 aromatic carbocycles. The summed E-state index contributed by atoms with van der Waals surface area (Å²) in [6.07, 6.45) is 7.32. The Morgan fingerprint density at radius 1 is 0.759 bits per heavy atom. The van der Waals surface area contributed by atoms with Crippen LogP contribution in [-0.4, -0.2) is 0 Å². The first kappa shape index (κ1) is 22.0. The average Bonchev–Trinajstić information content (AvgIpc) is 3.26. The molecule has 0 nitrogen and oxygen atoms in total. The molecule has 0 N–H and O–H groups in total. The van der Waals surface area contributed by atoms with Crippen LogP contribution in [-0.2, 0) is 23.2 Å². The fourth-order valence-corrected chi connectivity index (χ4v) is 10.6. The second kappa shape index (κ2) is 9.42. The van der Waals surface area contributed by atoms with Crippen molar-refractivity contribution in [2.75, 3.05) is 0 Å². The average molecular weight is 482 g/mol. The number of hydrogen-bond acceptors (Lipinski definition) is 0. The fraction of sp³-hybridized carbons (Fsp3) is 0.120. The third kappa shape index (κ3) is 4.28. The molecule has 0 fully saturated rings. The number of fused-ring (bicyclic) bond motifs is 2. The second-order valence-corrected chi connectivity index (χ2v) is 12.4. The van der Waals surface area contributed by atoms with Crippen LogP contribution in [0.15, 0.2) is 84.2 Å². The van der Waals surface area contributed by atoms with E-state index < -0.39 is 23.2 Å². The summed E-state index contributed by atoms with van der Waals surface area (Å²) < 4.78 is 1.37. The zero-order chi connectivity index (χ0) is 18.2. The van der Waals surface area contributed by atoms with E-state index in [1.807, 2.05) is 0 Å². The van der Waals surface area contributed by atoms with E-state index in [-0.39, 0.29) is 9.41 Å². The SMILES string of the molecule is Cc1ccccc1PC1=Cc2ccccc2[CH]1[Zr+2][CH]1C=Cc2ccccc21.[F-].[F-]. The molecule has 0 aliphatic heterocycles. The summed E-state index contributed by atoms with van der Waals surface area (Å²) in [4.78, 5) is 0. The van der Waals surface area contributed by atoms with Gasteiger partial charge in [0.1, 0.15) is 0 Å². The van der Waals surface area contributed by atoms with E-state index in [4.69, 9.17) is 0 Å². The second-order valence-electron chi connectivity index (χ2n) is 7.23. The van der Waals surface area contributed by atoms with Crippen LogP contribution in [0, 0.1) is 6.92 Å². The zero-order valence-electron chi connectivity index (χ0n) is 16.1. The summed E-state index contributed by atoms with van der Waals surface area (Å²) >= 11 is -0.722. The molecular weight excluding hydrogens is 460 g/mol. The van der Waals surface area contributed by atoms with Crippen LogP contribution in [0.2, 0.25) is 0 Å². The Balaban J connectivity index is 0.00000120. The number of halogens is 2. The Morgan fingerprint density at radius 2 is 1.41 bits per heavy atom. The smallest absolute Gasteiger partial charge is 1.00 e. The third-order valence-electron chi connectivity index (χ3n) is 5.50. The van der Waals surface area contributed by atoms with Gasteiger partial charge in [0.25, 0.3) is 0 Å². The summed E-state index contributed by atoms with van der Waals surface area (Å²) in [6.45, 7) is 2.25. The summed E-state index contributed by atoms with van der Waals surface area (Å²) in [5, 5.41) is 3.16. The van der Waals surface area contributed by atoms with E-state index in [1.165, 1.54) is 22.0 Å². The molecule has 0 saturated carbocycles. The molecule has 144 valence electrons. The van der Waals surface area contributed by atoms with Crippen LogP contribution < -0.4 is 14.7 Å². The largest absolute Gasteiger partial charge is 1.00 e. The normalized spacial score (nSPS) is 18.4. The van der Waals surface area contributed by atoms with Crippen molar-refractivity contribution in [1.29, 1.82) is 0 Å². The van der Waals surface area contributed by atoms with E-state index in [0.29, 0.717) is 7.25 Å². The molecule has 2 aliphatic carbocycles. The number of hydrogen-bond donors (Lipinski definition) is 0. The van der Waals surface area contributed by atoms with Gasteiger partial charge in [0.2, 0.25) is 0 Å². The Kier molecular flexibility index (Phi) is 7.15. The van der Waals surface area contributed by atoms with Gasteiger partial charge in [0.15, 0.2) is 0 Å². The summed E-state index contributed by atoms with van der Waals surface area (Å²) in [6, 6.07) is 26.9. The summed E-state index contributed by atoms with van der Waals surface area (Å²) in [5.74, 6) is 0. The van der Waals surface area contributed by atoms with E-state index in [2.05, 4.69) is 97.9 Å². The predicted octanol–water partition coefficient (Wildman–Crippen LogP) is 0.253. The predicted molar refractivity (Wildman–Crippen MR) is 115 cm³/mol. The van der Waals surface area contributed by atoms with Crippen molar-refractivity contribution in [3.8, 4) is 0 Å². The van der Waals surface area contributed by atoms with Gasteiger partial charge in [-0.05, 0) is 0 Å². The van der Waals surface area contributed by atoms with Gasteiger partial charge in [0.05, 0.1) is 0 Å². The van der Waals surface area contributed by atoms with Crippen molar-refractivity contribution in [2.24, 2.45) is 0 Å². The van der Waals surface area contributed by atoms with Crippen LogP contribution in [0.3, 0.4) is 0 Å². The molecule has 0 radical (unpaired) electrons. The minimum atomic E-state index is -0.722. The first-order valence-corrected chi connectivity index (χ1v) is 13.3. The van der Waals surface area contributed by atoms with Gasteiger partial charge < -0.3 is 9.41 Å². The Morgan fingerprint density at radius 3 is 2.21 bits per heavy atom.